The predicted octanol–water partition coefficient (Wildman–Crippen LogP) is 2.90. The maximum absolute atomic E-state index is 12.6. The Morgan fingerprint density at radius 1 is 1.09 bits per heavy atom. The number of hydrogen-bond donors (Lipinski definition) is 1. The van der Waals surface area contributed by atoms with Crippen molar-refractivity contribution < 1.29 is 33.4 Å². The first-order valence-electron chi connectivity index (χ1n) is 10.6. The summed E-state index contributed by atoms with van der Waals surface area (Å²) < 4.78 is 15.7. The predicted molar refractivity (Wildman–Crippen MR) is 122 cm³/mol. The highest BCUT2D eigenvalue weighted by Gasteiger charge is 2.28. The highest BCUT2D eigenvalue weighted by molar-refractivity contribution is 6.38. The van der Waals surface area contributed by atoms with Crippen molar-refractivity contribution in [3.63, 3.8) is 0 Å². The molecule has 0 saturated carbocycles. The standard InChI is InChI=1S/C24H23N3O7/c1-13-4-5-14(2)19(8-13)27-23(30)7-6-17(26-27)24(31)32-11-22(29)25-18-10-21-20(33-12-34-21)9-16(18)15(3)28/h4-5,8-10H,6-7,11-12H2,1-3H3,(H,25,29). The fourth-order valence-electron chi connectivity index (χ4n) is 3.57. The third-order valence-electron chi connectivity index (χ3n) is 5.36. The number of aryl methyl sites for hydroxylation is 2. The van der Waals surface area contributed by atoms with E-state index in [9.17, 15) is 19.2 Å². The van der Waals surface area contributed by atoms with E-state index in [4.69, 9.17) is 14.2 Å². The maximum atomic E-state index is 12.6. The van der Waals surface area contributed by atoms with Crippen LogP contribution in [0.1, 0.15) is 41.3 Å². The molecule has 0 aromatic heterocycles. The summed E-state index contributed by atoms with van der Waals surface area (Å²) in [5.41, 5.74) is 2.88. The number of ketones is 1. The number of hydrazone groups is 1. The van der Waals surface area contributed by atoms with Crippen LogP contribution in [-0.2, 0) is 19.1 Å². The minimum absolute atomic E-state index is 0.0192. The van der Waals surface area contributed by atoms with Crippen LogP contribution >= 0.6 is 0 Å². The van der Waals surface area contributed by atoms with Crippen molar-refractivity contribution in [3.8, 4) is 11.5 Å². The van der Waals surface area contributed by atoms with E-state index in [1.54, 1.807) is 0 Å². The first-order valence-corrected chi connectivity index (χ1v) is 10.6. The van der Waals surface area contributed by atoms with Gasteiger partial charge in [0.25, 0.3) is 5.91 Å². The number of carbonyl (C=O) groups is 4. The molecule has 176 valence electrons. The van der Waals surface area contributed by atoms with E-state index in [1.165, 1.54) is 24.1 Å². The molecule has 0 unspecified atom stereocenters. The third-order valence-corrected chi connectivity index (χ3v) is 5.36. The van der Waals surface area contributed by atoms with E-state index in [0.717, 1.165) is 11.1 Å². The molecule has 34 heavy (non-hydrogen) atoms. The second-order valence-electron chi connectivity index (χ2n) is 7.97. The van der Waals surface area contributed by atoms with E-state index in [2.05, 4.69) is 10.4 Å². The Balaban J connectivity index is 1.43. The molecule has 10 heteroatoms. The lowest BCUT2D eigenvalue weighted by Crippen LogP contribution is -2.36. The van der Waals surface area contributed by atoms with Gasteiger partial charge in [0.2, 0.25) is 12.7 Å². The molecule has 0 fully saturated rings. The van der Waals surface area contributed by atoms with Gasteiger partial charge >= 0.3 is 5.97 Å². The number of amides is 2. The van der Waals surface area contributed by atoms with Gasteiger partial charge in [-0.3, -0.25) is 14.4 Å². The highest BCUT2D eigenvalue weighted by Crippen LogP contribution is 2.37. The largest absolute Gasteiger partial charge is 0.454 e. The fraction of sp³-hybridized carbons (Fsp3) is 0.292. The van der Waals surface area contributed by atoms with Crippen LogP contribution in [0.2, 0.25) is 0 Å². The van der Waals surface area contributed by atoms with Gasteiger partial charge in [-0.2, -0.15) is 10.1 Å². The molecule has 2 amide bonds. The van der Waals surface area contributed by atoms with Crippen LogP contribution in [0.25, 0.3) is 0 Å². The van der Waals surface area contributed by atoms with E-state index in [-0.39, 0.29) is 48.3 Å². The van der Waals surface area contributed by atoms with Gasteiger partial charge in [-0.1, -0.05) is 12.1 Å². The van der Waals surface area contributed by atoms with Gasteiger partial charge in [-0.15, -0.1) is 0 Å². The molecule has 0 radical (unpaired) electrons. The van der Waals surface area contributed by atoms with Crippen molar-refractivity contribution in [3.05, 3.63) is 47.0 Å². The molecule has 0 atom stereocenters. The normalized spacial score (nSPS) is 14.5. The molecular formula is C24H23N3O7. The van der Waals surface area contributed by atoms with Crippen LogP contribution in [0, 0.1) is 13.8 Å². The Hall–Kier alpha value is -4.21. The van der Waals surface area contributed by atoms with Gasteiger partial charge in [0.1, 0.15) is 5.71 Å². The van der Waals surface area contributed by atoms with Crippen molar-refractivity contribution in [2.24, 2.45) is 5.10 Å². The number of anilines is 2. The third kappa shape index (κ3) is 4.75. The van der Waals surface area contributed by atoms with E-state index >= 15 is 0 Å². The zero-order valence-corrected chi connectivity index (χ0v) is 19.0. The first-order chi connectivity index (χ1) is 16.2. The minimum atomic E-state index is -0.796. The van der Waals surface area contributed by atoms with Crippen LogP contribution in [0.15, 0.2) is 35.4 Å². The Bertz CT molecular complexity index is 1240. The summed E-state index contributed by atoms with van der Waals surface area (Å²) in [6.45, 7) is 4.52. The van der Waals surface area contributed by atoms with Crippen molar-refractivity contribution in [2.45, 2.75) is 33.6 Å². The lowest BCUT2D eigenvalue weighted by Gasteiger charge is -2.24. The van der Waals surface area contributed by atoms with Gasteiger partial charge in [0.05, 0.1) is 11.4 Å². The molecule has 2 aromatic rings. The van der Waals surface area contributed by atoms with Gasteiger partial charge in [0, 0.05) is 24.5 Å². The number of fused-ring (bicyclic) bond motifs is 1. The van der Waals surface area contributed by atoms with Crippen molar-refractivity contribution in [2.75, 3.05) is 23.7 Å². The number of carbonyl (C=O) groups excluding carboxylic acids is 4. The smallest absolute Gasteiger partial charge is 0.355 e. The van der Waals surface area contributed by atoms with Gasteiger partial charge in [0.15, 0.2) is 23.9 Å². The summed E-state index contributed by atoms with van der Waals surface area (Å²) in [4.78, 5) is 49.4. The number of nitrogens with zero attached hydrogens (tertiary/aromatic N) is 2. The molecule has 0 spiro atoms. The van der Waals surface area contributed by atoms with Gasteiger partial charge < -0.3 is 19.5 Å². The molecular weight excluding hydrogens is 442 g/mol. The van der Waals surface area contributed by atoms with Crippen LogP contribution in [0.5, 0.6) is 11.5 Å². The zero-order valence-electron chi connectivity index (χ0n) is 19.0. The van der Waals surface area contributed by atoms with Crippen LogP contribution in [-0.4, -0.2) is 42.7 Å². The Morgan fingerprint density at radius 3 is 2.56 bits per heavy atom. The average Bonchev–Trinajstić information content (AvgIpc) is 3.26. The average molecular weight is 465 g/mol. The van der Waals surface area contributed by atoms with E-state index < -0.39 is 18.5 Å². The van der Waals surface area contributed by atoms with Crippen LogP contribution in [0.4, 0.5) is 11.4 Å². The van der Waals surface area contributed by atoms with E-state index in [1.807, 2.05) is 32.0 Å². The van der Waals surface area contributed by atoms with E-state index in [0.29, 0.717) is 17.2 Å². The van der Waals surface area contributed by atoms with Crippen LogP contribution < -0.4 is 19.8 Å². The zero-order chi connectivity index (χ0) is 24.4. The van der Waals surface area contributed by atoms with Crippen LogP contribution in [0.3, 0.4) is 0 Å². The molecule has 0 aliphatic carbocycles. The molecule has 0 saturated heterocycles. The summed E-state index contributed by atoms with van der Waals surface area (Å²) in [6, 6.07) is 8.58. The topological polar surface area (TPSA) is 124 Å². The summed E-state index contributed by atoms with van der Waals surface area (Å²) in [5, 5.41) is 7.95. The quantitative estimate of drug-likeness (QED) is 0.514. The number of esters is 1. The van der Waals surface area contributed by atoms with Gasteiger partial charge in [-0.05, 0) is 44.0 Å². The Kier molecular flexibility index (Phi) is 6.31. The SMILES string of the molecule is CC(=O)c1cc2c(cc1NC(=O)COC(=O)C1=NN(c3cc(C)ccc3C)C(=O)CC1)OCO2. The lowest BCUT2D eigenvalue weighted by atomic mass is 10.1. The van der Waals surface area contributed by atoms with Crippen molar-refractivity contribution in [1.29, 1.82) is 0 Å². The number of hydrogen-bond acceptors (Lipinski definition) is 8. The fourth-order valence-corrected chi connectivity index (χ4v) is 3.57. The van der Waals surface area contributed by atoms with Crippen molar-refractivity contribution in [1.82, 2.24) is 0 Å². The summed E-state index contributed by atoms with van der Waals surface area (Å²) in [5.74, 6) is -1.15. The summed E-state index contributed by atoms with van der Waals surface area (Å²) in [6.07, 6.45) is 0.198. The number of nitrogens with one attached hydrogen (secondary N) is 1. The van der Waals surface area contributed by atoms with Crippen molar-refractivity contribution >= 4 is 40.7 Å². The second kappa shape index (κ2) is 9.34. The minimum Gasteiger partial charge on any atom is -0.454 e. The lowest BCUT2D eigenvalue weighted by molar-refractivity contribution is -0.140. The number of Topliss-reactive ketones (excluding diaryl/α,β-unsaturated/α-hetero) is 1. The molecule has 4 rings (SSSR count). The first kappa shape index (κ1) is 23.0. The molecule has 0 bridgehead atoms. The number of benzene rings is 2. The highest BCUT2D eigenvalue weighted by atomic mass is 16.7. The number of ether oxygens (including phenoxy) is 3. The molecule has 1 N–H and O–H groups in total. The number of rotatable bonds is 6. The summed E-state index contributed by atoms with van der Waals surface area (Å²) in [7, 11) is 0. The maximum Gasteiger partial charge on any atom is 0.355 e. The molecule has 2 aliphatic heterocycles. The Labute approximate surface area is 195 Å². The van der Waals surface area contributed by atoms with Gasteiger partial charge in [-0.25, -0.2) is 4.79 Å². The monoisotopic (exact) mass is 465 g/mol. The molecule has 2 aromatic carbocycles. The summed E-state index contributed by atoms with van der Waals surface area (Å²) >= 11 is 0. The Morgan fingerprint density at radius 2 is 1.82 bits per heavy atom. The second-order valence-corrected chi connectivity index (χ2v) is 7.97. The molecule has 10 nitrogen and oxygen atoms in total. The molecule has 2 aliphatic rings. The molecule has 2 heterocycles.